The van der Waals surface area contributed by atoms with E-state index in [-0.39, 0.29) is 23.7 Å². The van der Waals surface area contributed by atoms with Gasteiger partial charge in [-0.05, 0) is 87.2 Å². The molecule has 41 heavy (non-hydrogen) atoms. The number of ether oxygens (including phenoxy) is 1. The minimum absolute atomic E-state index is 0.135. The van der Waals surface area contributed by atoms with Crippen LogP contribution in [0.3, 0.4) is 0 Å². The van der Waals surface area contributed by atoms with Crippen molar-refractivity contribution in [2.45, 2.75) is 71.1 Å². The second kappa shape index (κ2) is 20.2. The number of amides is 3. The Morgan fingerprint density at radius 1 is 0.561 bits per heavy atom. The van der Waals surface area contributed by atoms with Gasteiger partial charge in [-0.25, -0.2) is 4.79 Å². The summed E-state index contributed by atoms with van der Waals surface area (Å²) in [6.45, 7) is 4.88. The summed E-state index contributed by atoms with van der Waals surface area (Å²) < 4.78 is 5.18. The zero-order valence-corrected chi connectivity index (χ0v) is 24.3. The lowest BCUT2D eigenvalue weighted by Crippen LogP contribution is -2.26. The van der Waals surface area contributed by atoms with Crippen molar-refractivity contribution >= 4 is 23.7 Å². The van der Waals surface area contributed by atoms with Crippen molar-refractivity contribution in [2.24, 2.45) is 5.73 Å². The first-order valence-electron chi connectivity index (χ1n) is 14.9. The number of hydrogen-bond acceptors (Lipinski definition) is 6. The van der Waals surface area contributed by atoms with E-state index < -0.39 is 0 Å². The lowest BCUT2D eigenvalue weighted by Gasteiger charge is -2.08. The predicted molar refractivity (Wildman–Crippen MR) is 161 cm³/mol. The molecule has 0 atom stereocenters. The van der Waals surface area contributed by atoms with Crippen LogP contribution in [0.5, 0.6) is 0 Å². The highest BCUT2D eigenvalue weighted by atomic mass is 16.5. The third-order valence-corrected chi connectivity index (χ3v) is 6.61. The van der Waals surface area contributed by atoms with Gasteiger partial charge in [0.1, 0.15) is 0 Å². The van der Waals surface area contributed by atoms with Gasteiger partial charge < -0.3 is 26.4 Å². The number of nitrogens with one attached hydrogen (secondary N) is 3. The molecule has 224 valence electrons. The van der Waals surface area contributed by atoms with Gasteiger partial charge in [-0.15, -0.1) is 0 Å². The first kappa shape index (κ1) is 33.5. The van der Waals surface area contributed by atoms with Gasteiger partial charge in [-0.3, -0.25) is 14.4 Å². The summed E-state index contributed by atoms with van der Waals surface area (Å²) in [6.07, 6.45) is 9.36. The molecule has 0 saturated carbocycles. The van der Waals surface area contributed by atoms with Gasteiger partial charge in [0.05, 0.1) is 12.2 Å². The van der Waals surface area contributed by atoms with Gasteiger partial charge >= 0.3 is 5.97 Å². The molecule has 0 aliphatic heterocycles. The smallest absolute Gasteiger partial charge is 0.338 e. The predicted octanol–water partition coefficient (Wildman–Crippen LogP) is 4.61. The van der Waals surface area contributed by atoms with Crippen molar-refractivity contribution in [2.75, 3.05) is 32.8 Å². The van der Waals surface area contributed by atoms with Crippen LogP contribution in [0.1, 0.15) is 113 Å². The number of unbranched alkanes of at least 4 members (excludes halogenated alkanes) is 7. The Balaban J connectivity index is 1.55. The SMILES string of the molecule is CCCCOC(=O)c1ccc(C(=O)NCCCCCCNC(=O)c2ccc(C(=O)NCCCCCCN)cc2)cc1. The van der Waals surface area contributed by atoms with E-state index in [1.807, 2.05) is 6.92 Å². The minimum atomic E-state index is -0.375. The molecule has 2 aromatic rings. The number of esters is 1. The van der Waals surface area contributed by atoms with Crippen LogP contribution in [0.15, 0.2) is 48.5 Å². The Kier molecular flexibility index (Phi) is 16.5. The summed E-state index contributed by atoms with van der Waals surface area (Å²) in [6, 6.07) is 13.2. The van der Waals surface area contributed by atoms with Crippen LogP contribution < -0.4 is 21.7 Å². The fourth-order valence-electron chi connectivity index (χ4n) is 4.06. The molecule has 3 amide bonds. The monoisotopic (exact) mass is 566 g/mol. The highest BCUT2D eigenvalue weighted by Gasteiger charge is 2.10. The molecule has 0 spiro atoms. The topological polar surface area (TPSA) is 140 Å². The van der Waals surface area contributed by atoms with E-state index in [9.17, 15) is 19.2 Å². The van der Waals surface area contributed by atoms with Gasteiger partial charge in [0.15, 0.2) is 0 Å². The second-order valence-electron chi connectivity index (χ2n) is 10.0. The van der Waals surface area contributed by atoms with E-state index in [0.717, 1.165) is 64.2 Å². The third kappa shape index (κ3) is 13.5. The van der Waals surface area contributed by atoms with E-state index in [0.29, 0.717) is 55.0 Å². The van der Waals surface area contributed by atoms with Crippen LogP contribution in [-0.4, -0.2) is 56.5 Å². The Labute approximate surface area is 244 Å². The Morgan fingerprint density at radius 2 is 0.927 bits per heavy atom. The first-order chi connectivity index (χ1) is 20.0. The molecule has 2 rings (SSSR count). The Bertz CT molecular complexity index is 1070. The van der Waals surface area contributed by atoms with Crippen molar-refractivity contribution in [3.63, 3.8) is 0 Å². The van der Waals surface area contributed by atoms with E-state index in [4.69, 9.17) is 10.5 Å². The number of nitrogens with two attached hydrogens (primary N) is 1. The maximum atomic E-state index is 12.4. The molecule has 0 heterocycles. The Morgan fingerprint density at radius 3 is 1.29 bits per heavy atom. The molecule has 0 bridgehead atoms. The summed E-state index contributed by atoms with van der Waals surface area (Å²) in [7, 11) is 0. The molecule has 0 fully saturated rings. The Hall–Kier alpha value is -3.72. The number of carbonyl (C=O) groups is 4. The van der Waals surface area contributed by atoms with E-state index in [1.165, 1.54) is 0 Å². The maximum absolute atomic E-state index is 12.4. The molecular weight excluding hydrogens is 520 g/mol. The lowest BCUT2D eigenvalue weighted by atomic mass is 10.1. The fraction of sp³-hybridized carbons (Fsp3) is 0.500. The summed E-state index contributed by atoms with van der Waals surface area (Å²) >= 11 is 0. The molecule has 9 heteroatoms. The fourth-order valence-corrected chi connectivity index (χ4v) is 4.06. The zero-order valence-electron chi connectivity index (χ0n) is 24.3. The molecule has 5 N–H and O–H groups in total. The van der Waals surface area contributed by atoms with Crippen LogP contribution in [0.4, 0.5) is 0 Å². The molecule has 0 radical (unpaired) electrons. The highest BCUT2D eigenvalue weighted by Crippen LogP contribution is 2.08. The van der Waals surface area contributed by atoms with Crippen molar-refractivity contribution in [3.05, 3.63) is 70.8 Å². The number of rotatable bonds is 20. The molecule has 0 aliphatic rings. The van der Waals surface area contributed by atoms with Crippen LogP contribution in [0.2, 0.25) is 0 Å². The maximum Gasteiger partial charge on any atom is 0.338 e. The summed E-state index contributed by atoms with van der Waals surface area (Å²) in [5.74, 6) is -0.848. The van der Waals surface area contributed by atoms with Gasteiger partial charge in [-0.2, -0.15) is 0 Å². The second-order valence-corrected chi connectivity index (χ2v) is 10.0. The van der Waals surface area contributed by atoms with Crippen LogP contribution in [0.25, 0.3) is 0 Å². The third-order valence-electron chi connectivity index (χ3n) is 6.61. The minimum Gasteiger partial charge on any atom is -0.462 e. The quantitative estimate of drug-likeness (QED) is 0.136. The van der Waals surface area contributed by atoms with E-state index in [2.05, 4.69) is 16.0 Å². The largest absolute Gasteiger partial charge is 0.462 e. The average molecular weight is 567 g/mol. The van der Waals surface area contributed by atoms with E-state index in [1.54, 1.807) is 48.5 Å². The molecule has 0 unspecified atom stereocenters. The number of carbonyl (C=O) groups excluding carboxylic acids is 4. The van der Waals surface area contributed by atoms with E-state index >= 15 is 0 Å². The van der Waals surface area contributed by atoms with Crippen LogP contribution in [-0.2, 0) is 4.74 Å². The van der Waals surface area contributed by atoms with Crippen molar-refractivity contribution in [3.8, 4) is 0 Å². The van der Waals surface area contributed by atoms with Gasteiger partial charge in [-0.1, -0.05) is 39.0 Å². The molecule has 0 aromatic heterocycles. The standard InChI is InChI=1S/C32H46N4O5/c1-2-3-24-41-32(40)28-18-16-27(17-19-28)31(39)36-23-11-7-6-10-22-35-30(38)26-14-12-25(13-15-26)29(37)34-21-9-5-4-8-20-33/h12-19H,2-11,20-24,33H2,1H3,(H,34,37)(H,35,38)(H,36,39). The summed E-state index contributed by atoms with van der Waals surface area (Å²) in [4.78, 5) is 48.9. The summed E-state index contributed by atoms with van der Waals surface area (Å²) in [5, 5.41) is 8.71. The lowest BCUT2D eigenvalue weighted by molar-refractivity contribution is 0.0499. The van der Waals surface area contributed by atoms with Crippen molar-refractivity contribution in [1.29, 1.82) is 0 Å². The van der Waals surface area contributed by atoms with Gasteiger partial charge in [0.25, 0.3) is 17.7 Å². The first-order valence-corrected chi connectivity index (χ1v) is 14.9. The molecular formula is C32H46N4O5. The average Bonchev–Trinajstić information content (AvgIpc) is 3.00. The molecule has 0 saturated heterocycles. The molecule has 2 aromatic carbocycles. The van der Waals surface area contributed by atoms with Gasteiger partial charge in [0.2, 0.25) is 0 Å². The zero-order chi connectivity index (χ0) is 29.7. The number of hydrogen-bond donors (Lipinski definition) is 4. The number of benzene rings is 2. The van der Waals surface area contributed by atoms with Crippen LogP contribution >= 0.6 is 0 Å². The van der Waals surface area contributed by atoms with Crippen molar-refractivity contribution < 1.29 is 23.9 Å². The summed E-state index contributed by atoms with van der Waals surface area (Å²) in [5.41, 5.74) is 7.48. The van der Waals surface area contributed by atoms with Gasteiger partial charge in [0, 0.05) is 36.3 Å². The highest BCUT2D eigenvalue weighted by molar-refractivity contribution is 5.98. The molecule has 9 nitrogen and oxygen atoms in total. The normalized spacial score (nSPS) is 10.6. The van der Waals surface area contributed by atoms with Crippen LogP contribution in [0, 0.1) is 0 Å². The molecule has 0 aliphatic carbocycles. The van der Waals surface area contributed by atoms with Crippen molar-refractivity contribution in [1.82, 2.24) is 16.0 Å².